The lowest BCUT2D eigenvalue weighted by Crippen LogP contribution is -2.11. The summed E-state index contributed by atoms with van der Waals surface area (Å²) in [5.41, 5.74) is 0.930. The molecule has 0 aliphatic carbocycles. The first kappa shape index (κ1) is 14.4. The molecule has 0 heterocycles. The first-order valence-corrected chi connectivity index (χ1v) is 7.33. The zero-order valence-electron chi connectivity index (χ0n) is 10.6. The van der Waals surface area contributed by atoms with Crippen molar-refractivity contribution in [3.63, 3.8) is 0 Å². The largest absolute Gasteiger partial charge is 0.508 e. The van der Waals surface area contributed by atoms with Crippen molar-refractivity contribution >= 4 is 8.38 Å². The Hall–Kier alpha value is -0.630. The molecule has 4 heteroatoms. The minimum atomic E-state index is -1.33. The van der Waals surface area contributed by atoms with Crippen molar-refractivity contribution in [2.45, 2.75) is 26.7 Å². The van der Waals surface area contributed by atoms with Crippen LogP contribution in [0.2, 0.25) is 0 Å². The van der Waals surface area contributed by atoms with E-state index in [1.54, 1.807) is 6.07 Å². The Labute approximate surface area is 104 Å². The van der Waals surface area contributed by atoms with Crippen LogP contribution in [0.4, 0.5) is 0 Å². The van der Waals surface area contributed by atoms with E-state index >= 15 is 0 Å². The second kappa shape index (κ2) is 6.95. The molecular weight excluding hydrogens is 235 g/mol. The van der Waals surface area contributed by atoms with Gasteiger partial charge in [0.25, 0.3) is 0 Å². The Bertz CT molecular complexity index is 343. The van der Waals surface area contributed by atoms with E-state index < -0.39 is 8.38 Å². The first-order valence-electron chi connectivity index (χ1n) is 5.93. The van der Waals surface area contributed by atoms with Crippen molar-refractivity contribution in [2.75, 3.05) is 12.8 Å². The third kappa shape index (κ3) is 4.27. The molecule has 0 aliphatic heterocycles. The summed E-state index contributed by atoms with van der Waals surface area (Å²) in [5.74, 6) is 0.797. The fourth-order valence-electron chi connectivity index (χ4n) is 1.79. The standard InChI is InChI=1S/C13H21O3P/c1-4-16-17(15)9-10(2)11(3)12-7-5-6-8-13(12)14/h5-8,10-11,14-15H,4,9H2,1-3H3/t10-,11?,17?/m1/s1. The monoisotopic (exact) mass is 256 g/mol. The molecule has 0 spiro atoms. The van der Waals surface area contributed by atoms with Crippen molar-refractivity contribution < 1.29 is 14.5 Å². The zero-order valence-corrected chi connectivity index (χ0v) is 11.5. The van der Waals surface area contributed by atoms with Gasteiger partial charge in [-0.15, -0.1) is 0 Å². The molecule has 0 saturated heterocycles. The lowest BCUT2D eigenvalue weighted by Gasteiger charge is -2.22. The van der Waals surface area contributed by atoms with E-state index in [-0.39, 0.29) is 11.8 Å². The summed E-state index contributed by atoms with van der Waals surface area (Å²) in [5, 5.41) is 9.78. The van der Waals surface area contributed by atoms with Crippen LogP contribution in [0.5, 0.6) is 5.75 Å². The van der Waals surface area contributed by atoms with Crippen molar-refractivity contribution in [1.29, 1.82) is 0 Å². The molecule has 1 aromatic rings. The molecule has 1 aromatic carbocycles. The van der Waals surface area contributed by atoms with Gasteiger partial charge in [0, 0.05) is 6.16 Å². The molecule has 0 amide bonds. The highest BCUT2D eigenvalue weighted by atomic mass is 31.2. The molecule has 1 rings (SSSR count). The van der Waals surface area contributed by atoms with Crippen LogP contribution in [0.1, 0.15) is 32.3 Å². The van der Waals surface area contributed by atoms with E-state index in [0.29, 0.717) is 18.5 Å². The van der Waals surface area contributed by atoms with Crippen molar-refractivity contribution in [3.05, 3.63) is 29.8 Å². The van der Waals surface area contributed by atoms with Gasteiger partial charge in [0.05, 0.1) is 6.61 Å². The van der Waals surface area contributed by atoms with Gasteiger partial charge >= 0.3 is 0 Å². The van der Waals surface area contributed by atoms with Crippen LogP contribution in [-0.4, -0.2) is 22.8 Å². The minimum Gasteiger partial charge on any atom is -0.508 e. The van der Waals surface area contributed by atoms with Crippen molar-refractivity contribution in [3.8, 4) is 5.75 Å². The lowest BCUT2D eigenvalue weighted by atomic mass is 9.89. The number of phenolic OH excluding ortho intramolecular Hbond substituents is 1. The Morgan fingerprint density at radius 3 is 2.53 bits per heavy atom. The molecule has 2 unspecified atom stereocenters. The van der Waals surface area contributed by atoms with Gasteiger partial charge in [-0.05, 0) is 30.4 Å². The summed E-state index contributed by atoms with van der Waals surface area (Å²) >= 11 is 0. The Morgan fingerprint density at radius 2 is 1.94 bits per heavy atom. The summed E-state index contributed by atoms with van der Waals surface area (Å²) in [6.45, 7) is 6.55. The number of para-hydroxylation sites is 1. The van der Waals surface area contributed by atoms with E-state index in [1.807, 2.05) is 25.1 Å². The summed E-state index contributed by atoms with van der Waals surface area (Å²) in [6, 6.07) is 7.36. The molecule has 0 aromatic heterocycles. The van der Waals surface area contributed by atoms with E-state index in [4.69, 9.17) is 4.52 Å². The third-order valence-corrected chi connectivity index (χ3v) is 4.45. The molecule has 0 aliphatic rings. The average Bonchev–Trinajstić information content (AvgIpc) is 2.29. The lowest BCUT2D eigenvalue weighted by molar-refractivity contribution is 0.322. The molecule has 17 heavy (non-hydrogen) atoms. The Kier molecular flexibility index (Phi) is 5.90. The normalized spacial score (nSPS) is 16.5. The van der Waals surface area contributed by atoms with Crippen LogP contribution >= 0.6 is 8.38 Å². The molecule has 0 radical (unpaired) electrons. The van der Waals surface area contributed by atoms with Crippen molar-refractivity contribution in [2.24, 2.45) is 5.92 Å². The van der Waals surface area contributed by atoms with Gasteiger partial charge in [-0.25, -0.2) is 0 Å². The summed E-state index contributed by atoms with van der Waals surface area (Å²) in [7, 11) is -1.33. The van der Waals surface area contributed by atoms with Crippen LogP contribution in [0.3, 0.4) is 0 Å². The van der Waals surface area contributed by atoms with Crippen LogP contribution in [0.15, 0.2) is 24.3 Å². The van der Waals surface area contributed by atoms with Gasteiger partial charge in [-0.1, -0.05) is 32.0 Å². The van der Waals surface area contributed by atoms with E-state index in [2.05, 4.69) is 13.8 Å². The highest BCUT2D eigenvalue weighted by molar-refractivity contribution is 7.46. The van der Waals surface area contributed by atoms with Crippen LogP contribution in [-0.2, 0) is 4.52 Å². The number of hydrogen-bond donors (Lipinski definition) is 2. The molecule has 96 valence electrons. The molecule has 0 bridgehead atoms. The maximum atomic E-state index is 9.78. The molecule has 3 atom stereocenters. The molecule has 3 nitrogen and oxygen atoms in total. The van der Waals surface area contributed by atoms with Gasteiger partial charge in [-0.2, -0.15) is 0 Å². The summed E-state index contributed by atoms with van der Waals surface area (Å²) in [6.07, 6.45) is 0.638. The van der Waals surface area contributed by atoms with Gasteiger partial charge in [-0.3, -0.25) is 0 Å². The van der Waals surface area contributed by atoms with Gasteiger partial charge in [0.2, 0.25) is 0 Å². The van der Waals surface area contributed by atoms with Gasteiger partial charge < -0.3 is 14.5 Å². The average molecular weight is 256 g/mol. The maximum Gasteiger partial charge on any atom is 0.167 e. The second-order valence-electron chi connectivity index (χ2n) is 4.28. The SMILES string of the molecule is CCOP(O)C[C@@H](C)C(C)c1ccccc1O. The molecule has 0 fully saturated rings. The van der Waals surface area contributed by atoms with Gasteiger partial charge in [0.1, 0.15) is 5.75 Å². The van der Waals surface area contributed by atoms with E-state index in [0.717, 1.165) is 5.56 Å². The second-order valence-corrected chi connectivity index (χ2v) is 5.60. The molecule has 0 saturated carbocycles. The van der Waals surface area contributed by atoms with Crippen molar-refractivity contribution in [1.82, 2.24) is 0 Å². The van der Waals surface area contributed by atoms with Gasteiger partial charge in [0.15, 0.2) is 8.38 Å². The number of benzene rings is 1. The fraction of sp³-hybridized carbons (Fsp3) is 0.538. The van der Waals surface area contributed by atoms with E-state index in [1.165, 1.54) is 0 Å². The Morgan fingerprint density at radius 1 is 1.29 bits per heavy atom. The maximum absolute atomic E-state index is 9.78. The quantitative estimate of drug-likeness (QED) is 0.766. The molecular formula is C13H21O3P. The fourth-order valence-corrected chi connectivity index (χ4v) is 3.00. The van der Waals surface area contributed by atoms with Crippen LogP contribution in [0.25, 0.3) is 0 Å². The predicted molar refractivity (Wildman–Crippen MR) is 71.3 cm³/mol. The smallest absolute Gasteiger partial charge is 0.167 e. The van der Waals surface area contributed by atoms with Crippen LogP contribution in [0, 0.1) is 5.92 Å². The third-order valence-electron chi connectivity index (χ3n) is 3.00. The van der Waals surface area contributed by atoms with E-state index in [9.17, 15) is 10.00 Å². The number of rotatable bonds is 6. The topological polar surface area (TPSA) is 49.7 Å². The first-order chi connectivity index (χ1) is 8.06. The van der Waals surface area contributed by atoms with Crippen LogP contribution < -0.4 is 0 Å². The summed E-state index contributed by atoms with van der Waals surface area (Å²) in [4.78, 5) is 9.66. The number of phenols is 1. The minimum absolute atomic E-state index is 0.203. The summed E-state index contributed by atoms with van der Waals surface area (Å²) < 4.78 is 5.19. The highest BCUT2D eigenvalue weighted by Gasteiger charge is 2.20. The Balaban J connectivity index is 2.63. The molecule has 2 N–H and O–H groups in total. The number of aromatic hydroxyl groups is 1. The predicted octanol–water partition coefficient (Wildman–Crippen LogP) is 3.47. The zero-order chi connectivity index (χ0) is 12.8. The number of hydrogen-bond acceptors (Lipinski definition) is 3. The highest BCUT2D eigenvalue weighted by Crippen LogP contribution is 2.39.